The molecule has 0 bridgehead atoms. The van der Waals surface area contributed by atoms with Crippen molar-refractivity contribution in [1.29, 1.82) is 0 Å². The van der Waals surface area contributed by atoms with E-state index in [-0.39, 0.29) is 0 Å². The molecule has 18 heavy (non-hydrogen) atoms. The van der Waals surface area contributed by atoms with Crippen LogP contribution in [-0.2, 0) is 6.54 Å². The summed E-state index contributed by atoms with van der Waals surface area (Å²) in [5.74, 6) is 1.57. The molecule has 4 heteroatoms. The first kappa shape index (κ1) is 14.0. The zero-order valence-electron chi connectivity index (χ0n) is 11.6. The standard InChI is InChI=1S/C14H25N3S/c1-12(2)6-15-7-13-4-3-5-17(8-13)9-14-10-18-11-16-14/h10-13,15H,3-9H2,1-2H3. The number of thiazole rings is 1. The zero-order valence-corrected chi connectivity index (χ0v) is 12.4. The van der Waals surface area contributed by atoms with E-state index in [2.05, 4.69) is 34.4 Å². The van der Waals surface area contributed by atoms with Crippen LogP contribution in [0, 0.1) is 11.8 Å². The molecule has 0 amide bonds. The average molecular weight is 267 g/mol. The molecule has 0 saturated carbocycles. The smallest absolute Gasteiger partial charge is 0.0795 e. The van der Waals surface area contributed by atoms with Crippen LogP contribution in [-0.4, -0.2) is 36.1 Å². The Hall–Kier alpha value is -0.450. The van der Waals surface area contributed by atoms with Crippen LogP contribution in [0.5, 0.6) is 0 Å². The normalized spacial score (nSPS) is 21.6. The Morgan fingerprint density at radius 1 is 1.56 bits per heavy atom. The summed E-state index contributed by atoms with van der Waals surface area (Å²) < 4.78 is 0. The first-order chi connectivity index (χ1) is 8.74. The van der Waals surface area contributed by atoms with Crippen LogP contribution in [0.1, 0.15) is 32.4 Å². The van der Waals surface area contributed by atoms with E-state index in [0.29, 0.717) is 0 Å². The molecule has 1 atom stereocenters. The molecule has 1 unspecified atom stereocenters. The molecule has 0 aromatic carbocycles. The summed E-state index contributed by atoms with van der Waals surface area (Å²) in [6.07, 6.45) is 2.71. The Balaban J connectivity index is 1.71. The monoisotopic (exact) mass is 267 g/mol. The van der Waals surface area contributed by atoms with Crippen molar-refractivity contribution < 1.29 is 0 Å². The molecule has 1 aliphatic heterocycles. The largest absolute Gasteiger partial charge is 0.316 e. The summed E-state index contributed by atoms with van der Waals surface area (Å²) in [6, 6.07) is 0. The maximum atomic E-state index is 4.38. The van der Waals surface area contributed by atoms with E-state index in [0.717, 1.165) is 24.9 Å². The van der Waals surface area contributed by atoms with Crippen LogP contribution >= 0.6 is 11.3 Å². The third-order valence-corrected chi connectivity index (χ3v) is 4.09. The van der Waals surface area contributed by atoms with Gasteiger partial charge >= 0.3 is 0 Å². The second-order valence-corrected chi connectivity index (χ2v) is 6.49. The first-order valence-electron chi connectivity index (χ1n) is 7.04. The number of hydrogen-bond acceptors (Lipinski definition) is 4. The van der Waals surface area contributed by atoms with E-state index in [1.54, 1.807) is 11.3 Å². The number of aromatic nitrogens is 1. The Labute approximate surface area is 115 Å². The molecule has 2 heterocycles. The minimum Gasteiger partial charge on any atom is -0.316 e. The predicted octanol–water partition coefficient (Wildman–Crippen LogP) is 2.60. The third kappa shape index (κ3) is 4.67. The lowest BCUT2D eigenvalue weighted by Gasteiger charge is -2.32. The molecule has 3 nitrogen and oxygen atoms in total. The molecular weight excluding hydrogens is 242 g/mol. The summed E-state index contributed by atoms with van der Waals surface area (Å²) >= 11 is 1.70. The van der Waals surface area contributed by atoms with E-state index in [1.165, 1.54) is 38.2 Å². The quantitative estimate of drug-likeness (QED) is 0.859. The minimum absolute atomic E-state index is 0.750. The summed E-state index contributed by atoms with van der Waals surface area (Å²) in [5, 5.41) is 5.76. The van der Waals surface area contributed by atoms with Gasteiger partial charge in [-0.1, -0.05) is 13.8 Å². The second kappa shape index (κ2) is 7.22. The van der Waals surface area contributed by atoms with E-state index >= 15 is 0 Å². The molecular formula is C14H25N3S. The van der Waals surface area contributed by atoms with Crippen LogP contribution in [0.25, 0.3) is 0 Å². The van der Waals surface area contributed by atoms with E-state index in [9.17, 15) is 0 Å². The number of piperidine rings is 1. The van der Waals surface area contributed by atoms with Gasteiger partial charge in [0.1, 0.15) is 0 Å². The van der Waals surface area contributed by atoms with Crippen molar-refractivity contribution in [2.45, 2.75) is 33.2 Å². The fourth-order valence-electron chi connectivity index (χ4n) is 2.58. The first-order valence-corrected chi connectivity index (χ1v) is 7.98. The van der Waals surface area contributed by atoms with E-state index in [1.807, 2.05) is 5.51 Å². The highest BCUT2D eigenvalue weighted by atomic mass is 32.1. The Kier molecular flexibility index (Phi) is 5.60. The molecule has 1 N–H and O–H groups in total. The lowest BCUT2D eigenvalue weighted by atomic mass is 9.97. The van der Waals surface area contributed by atoms with E-state index < -0.39 is 0 Å². The van der Waals surface area contributed by atoms with Crippen molar-refractivity contribution in [3.63, 3.8) is 0 Å². The summed E-state index contributed by atoms with van der Waals surface area (Å²) in [5.41, 5.74) is 3.16. The van der Waals surface area contributed by atoms with Gasteiger partial charge in [0, 0.05) is 18.5 Å². The van der Waals surface area contributed by atoms with Gasteiger partial charge in [-0.25, -0.2) is 4.98 Å². The second-order valence-electron chi connectivity index (χ2n) is 5.78. The fraction of sp³-hybridized carbons (Fsp3) is 0.786. The van der Waals surface area contributed by atoms with Crippen LogP contribution in [0.3, 0.4) is 0 Å². The van der Waals surface area contributed by atoms with Crippen molar-refractivity contribution in [3.8, 4) is 0 Å². The van der Waals surface area contributed by atoms with Gasteiger partial charge in [-0.2, -0.15) is 0 Å². The Bertz CT molecular complexity index is 324. The molecule has 1 aliphatic rings. The molecule has 0 aliphatic carbocycles. The number of likely N-dealkylation sites (tertiary alicyclic amines) is 1. The molecule has 2 rings (SSSR count). The predicted molar refractivity (Wildman–Crippen MR) is 77.8 cm³/mol. The summed E-state index contributed by atoms with van der Waals surface area (Å²) in [4.78, 5) is 6.94. The fourth-order valence-corrected chi connectivity index (χ4v) is 3.13. The van der Waals surface area contributed by atoms with Crippen LogP contribution < -0.4 is 5.32 Å². The molecule has 1 aromatic heterocycles. The average Bonchev–Trinajstić information content (AvgIpc) is 2.82. The maximum Gasteiger partial charge on any atom is 0.0795 e. The number of nitrogens with zero attached hydrogens (tertiary/aromatic N) is 2. The topological polar surface area (TPSA) is 28.2 Å². The van der Waals surface area contributed by atoms with Gasteiger partial charge in [0.25, 0.3) is 0 Å². The van der Waals surface area contributed by atoms with Crippen molar-refractivity contribution in [1.82, 2.24) is 15.2 Å². The van der Waals surface area contributed by atoms with Gasteiger partial charge in [-0.05, 0) is 44.3 Å². The third-order valence-electron chi connectivity index (χ3n) is 3.46. The molecule has 0 radical (unpaired) electrons. The van der Waals surface area contributed by atoms with Crippen molar-refractivity contribution in [3.05, 3.63) is 16.6 Å². The van der Waals surface area contributed by atoms with Gasteiger partial charge in [-0.3, -0.25) is 4.90 Å². The van der Waals surface area contributed by atoms with Crippen molar-refractivity contribution >= 4 is 11.3 Å². The maximum absolute atomic E-state index is 4.38. The molecule has 1 fully saturated rings. The summed E-state index contributed by atoms with van der Waals surface area (Å²) in [7, 11) is 0. The highest BCUT2D eigenvalue weighted by molar-refractivity contribution is 7.07. The molecule has 1 saturated heterocycles. The highest BCUT2D eigenvalue weighted by Crippen LogP contribution is 2.18. The van der Waals surface area contributed by atoms with Gasteiger partial charge in [0.05, 0.1) is 11.2 Å². The lowest BCUT2D eigenvalue weighted by molar-refractivity contribution is 0.163. The van der Waals surface area contributed by atoms with Gasteiger partial charge in [0.15, 0.2) is 0 Å². The summed E-state index contributed by atoms with van der Waals surface area (Å²) in [6.45, 7) is 10.3. The van der Waals surface area contributed by atoms with E-state index in [4.69, 9.17) is 0 Å². The molecule has 0 spiro atoms. The molecule has 102 valence electrons. The number of nitrogens with one attached hydrogen (secondary N) is 1. The SMILES string of the molecule is CC(C)CNCC1CCCN(Cc2cscn2)C1. The van der Waals surface area contributed by atoms with Gasteiger partial charge in [0.2, 0.25) is 0 Å². The highest BCUT2D eigenvalue weighted by Gasteiger charge is 2.20. The van der Waals surface area contributed by atoms with Gasteiger partial charge in [-0.15, -0.1) is 11.3 Å². The lowest BCUT2D eigenvalue weighted by Crippen LogP contribution is -2.39. The van der Waals surface area contributed by atoms with Crippen LogP contribution in [0.15, 0.2) is 10.9 Å². The zero-order chi connectivity index (χ0) is 12.8. The minimum atomic E-state index is 0.750. The van der Waals surface area contributed by atoms with Crippen LogP contribution in [0.4, 0.5) is 0 Å². The van der Waals surface area contributed by atoms with Gasteiger partial charge < -0.3 is 5.32 Å². The van der Waals surface area contributed by atoms with Crippen LogP contribution in [0.2, 0.25) is 0 Å². The Morgan fingerprint density at radius 2 is 2.44 bits per heavy atom. The van der Waals surface area contributed by atoms with Crippen molar-refractivity contribution in [2.24, 2.45) is 11.8 Å². The number of hydrogen-bond donors (Lipinski definition) is 1. The Morgan fingerprint density at radius 3 is 3.17 bits per heavy atom. The van der Waals surface area contributed by atoms with Crippen molar-refractivity contribution in [2.75, 3.05) is 26.2 Å². The molecule has 1 aromatic rings. The number of rotatable bonds is 6.